The Balaban J connectivity index is 2.54. The molecule has 5 nitrogen and oxygen atoms in total. The van der Waals surface area contributed by atoms with Crippen LogP contribution in [0, 0.1) is 12.7 Å². The smallest absolute Gasteiger partial charge is 0.271 e. The van der Waals surface area contributed by atoms with Gasteiger partial charge in [0.15, 0.2) is 5.69 Å². The van der Waals surface area contributed by atoms with E-state index in [1.54, 1.807) is 32.2 Å². The van der Waals surface area contributed by atoms with Crippen LogP contribution in [0.15, 0.2) is 24.4 Å². The third kappa shape index (κ3) is 2.55. The van der Waals surface area contributed by atoms with Crippen molar-refractivity contribution in [2.24, 2.45) is 0 Å². The molecule has 0 aliphatic carbocycles. The number of rotatable bonds is 3. The number of carbonyl (C=O) groups excluding carboxylic acids is 1. The Morgan fingerprint density at radius 2 is 2.20 bits per heavy atom. The monoisotopic (exact) mass is 277 g/mol. The number of hydrogen-bond acceptors (Lipinski definition) is 3. The number of aryl methyl sites for hydroxylation is 1. The number of nitrogens with zero attached hydrogens (tertiary/aromatic N) is 2. The van der Waals surface area contributed by atoms with E-state index in [0.29, 0.717) is 16.8 Å². The van der Waals surface area contributed by atoms with Gasteiger partial charge in [0, 0.05) is 18.8 Å². The lowest BCUT2D eigenvalue weighted by atomic mass is 10.1. The van der Waals surface area contributed by atoms with Crippen molar-refractivity contribution < 1.29 is 14.3 Å². The Labute approximate surface area is 116 Å². The van der Waals surface area contributed by atoms with Crippen molar-refractivity contribution in [3.63, 3.8) is 0 Å². The van der Waals surface area contributed by atoms with Gasteiger partial charge in [-0.1, -0.05) is 0 Å². The molecule has 1 amide bonds. The number of hydrogen-bond donors (Lipinski definition) is 2. The van der Waals surface area contributed by atoms with Gasteiger partial charge < -0.3 is 10.4 Å². The number of aliphatic hydroxyl groups is 1. The first-order valence-corrected chi connectivity index (χ1v) is 6.20. The summed E-state index contributed by atoms with van der Waals surface area (Å²) in [5, 5.41) is 16.4. The van der Waals surface area contributed by atoms with Gasteiger partial charge in [-0.3, -0.25) is 4.79 Å². The number of nitrogens with one attached hydrogen (secondary N) is 1. The van der Waals surface area contributed by atoms with Gasteiger partial charge in [0.05, 0.1) is 11.8 Å². The maximum atomic E-state index is 13.6. The van der Waals surface area contributed by atoms with Crippen LogP contribution in [-0.2, 0) is 0 Å². The molecule has 0 fully saturated rings. The average Bonchev–Trinajstić information content (AvgIpc) is 2.89. The van der Waals surface area contributed by atoms with Crippen molar-refractivity contribution in [1.82, 2.24) is 15.1 Å². The minimum Gasteiger partial charge on any atom is -0.389 e. The van der Waals surface area contributed by atoms with Crippen LogP contribution < -0.4 is 5.32 Å². The van der Waals surface area contributed by atoms with Gasteiger partial charge in [-0.25, -0.2) is 9.07 Å². The lowest BCUT2D eigenvalue weighted by molar-refractivity contribution is 0.0957. The summed E-state index contributed by atoms with van der Waals surface area (Å²) in [7, 11) is 1.52. The number of aromatic nitrogens is 2. The standard InChI is InChI=1S/C14H16FN3O2/c1-8-6-13(10(9(2)19)7-11(8)15)18-5-4-12(17-18)14(20)16-3/h4-7,9,19H,1-3H3,(H,16,20)/t9-/m0/s1. The van der Waals surface area contributed by atoms with Crippen LogP contribution >= 0.6 is 0 Å². The largest absolute Gasteiger partial charge is 0.389 e. The molecule has 0 spiro atoms. The van der Waals surface area contributed by atoms with Crippen LogP contribution in [0.3, 0.4) is 0 Å². The molecule has 0 aliphatic heterocycles. The fourth-order valence-corrected chi connectivity index (χ4v) is 1.92. The van der Waals surface area contributed by atoms with Gasteiger partial charge in [0.25, 0.3) is 5.91 Å². The molecule has 0 saturated heterocycles. The predicted octanol–water partition coefficient (Wildman–Crippen LogP) is 1.73. The SMILES string of the molecule is CNC(=O)c1ccn(-c2cc(C)c(F)cc2[C@H](C)O)n1. The number of aliphatic hydroxyl groups excluding tert-OH is 1. The van der Waals surface area contributed by atoms with Crippen LogP contribution in [0.25, 0.3) is 5.69 Å². The third-order valence-corrected chi connectivity index (χ3v) is 3.05. The lowest BCUT2D eigenvalue weighted by Crippen LogP contribution is -2.18. The number of carbonyl (C=O) groups is 1. The summed E-state index contributed by atoms with van der Waals surface area (Å²) in [5.41, 5.74) is 1.67. The van der Waals surface area contributed by atoms with Crippen LogP contribution in [0.1, 0.15) is 34.6 Å². The second kappa shape index (κ2) is 5.42. The third-order valence-electron chi connectivity index (χ3n) is 3.05. The molecule has 0 bridgehead atoms. The van der Waals surface area contributed by atoms with Crippen molar-refractivity contribution in [2.45, 2.75) is 20.0 Å². The van der Waals surface area contributed by atoms with E-state index in [1.165, 1.54) is 17.8 Å². The summed E-state index contributed by atoms with van der Waals surface area (Å²) in [6, 6.07) is 4.44. The molecule has 106 valence electrons. The molecule has 1 heterocycles. The van der Waals surface area contributed by atoms with Crippen LogP contribution in [0.5, 0.6) is 0 Å². The first-order chi connectivity index (χ1) is 9.43. The fraction of sp³-hybridized carbons (Fsp3) is 0.286. The van der Waals surface area contributed by atoms with Gasteiger partial charge in [0.2, 0.25) is 0 Å². The van der Waals surface area contributed by atoms with E-state index in [0.717, 1.165) is 0 Å². The maximum absolute atomic E-state index is 13.6. The van der Waals surface area contributed by atoms with Crippen molar-refractivity contribution in [2.75, 3.05) is 7.05 Å². The Kier molecular flexibility index (Phi) is 3.85. The molecule has 0 unspecified atom stereocenters. The molecular formula is C14H16FN3O2. The first-order valence-electron chi connectivity index (χ1n) is 6.20. The normalized spacial score (nSPS) is 12.2. The van der Waals surface area contributed by atoms with Gasteiger partial charge in [-0.15, -0.1) is 0 Å². The molecule has 0 radical (unpaired) electrons. The van der Waals surface area contributed by atoms with Crippen LogP contribution in [0.4, 0.5) is 4.39 Å². The lowest BCUT2D eigenvalue weighted by Gasteiger charge is -2.13. The molecule has 1 atom stereocenters. The van der Waals surface area contributed by atoms with E-state index in [9.17, 15) is 14.3 Å². The van der Waals surface area contributed by atoms with E-state index >= 15 is 0 Å². The van der Waals surface area contributed by atoms with E-state index < -0.39 is 6.10 Å². The van der Waals surface area contributed by atoms with Crippen molar-refractivity contribution in [3.05, 3.63) is 47.0 Å². The molecule has 2 N–H and O–H groups in total. The average molecular weight is 277 g/mol. The molecule has 1 aromatic heterocycles. The molecule has 1 aromatic carbocycles. The molecule has 2 aromatic rings. The summed E-state index contributed by atoms with van der Waals surface area (Å²) in [4.78, 5) is 11.5. The number of amides is 1. The molecule has 0 saturated carbocycles. The highest BCUT2D eigenvalue weighted by Gasteiger charge is 2.15. The van der Waals surface area contributed by atoms with Crippen molar-refractivity contribution >= 4 is 5.91 Å². The Bertz CT molecular complexity index is 650. The van der Waals surface area contributed by atoms with Gasteiger partial charge in [0.1, 0.15) is 5.82 Å². The van der Waals surface area contributed by atoms with Gasteiger partial charge in [-0.2, -0.15) is 5.10 Å². The first kappa shape index (κ1) is 14.2. The summed E-state index contributed by atoms with van der Waals surface area (Å²) >= 11 is 0. The zero-order valence-electron chi connectivity index (χ0n) is 11.5. The predicted molar refractivity (Wildman–Crippen MR) is 72.3 cm³/mol. The Morgan fingerprint density at radius 1 is 1.50 bits per heavy atom. The van der Waals surface area contributed by atoms with Gasteiger partial charge >= 0.3 is 0 Å². The number of benzene rings is 1. The fourth-order valence-electron chi connectivity index (χ4n) is 1.92. The molecule has 2 rings (SSSR count). The second-order valence-electron chi connectivity index (χ2n) is 4.56. The Hall–Kier alpha value is -2.21. The van der Waals surface area contributed by atoms with E-state index in [4.69, 9.17) is 0 Å². The topological polar surface area (TPSA) is 67.2 Å². The zero-order valence-corrected chi connectivity index (χ0v) is 11.5. The van der Waals surface area contributed by atoms with Crippen LogP contribution in [0.2, 0.25) is 0 Å². The van der Waals surface area contributed by atoms with Crippen LogP contribution in [-0.4, -0.2) is 27.8 Å². The second-order valence-corrected chi connectivity index (χ2v) is 4.56. The molecular weight excluding hydrogens is 261 g/mol. The quantitative estimate of drug-likeness (QED) is 0.898. The highest BCUT2D eigenvalue weighted by molar-refractivity contribution is 5.91. The summed E-state index contributed by atoms with van der Waals surface area (Å²) in [6.45, 7) is 3.19. The highest BCUT2D eigenvalue weighted by Crippen LogP contribution is 2.24. The number of halogens is 1. The maximum Gasteiger partial charge on any atom is 0.271 e. The van der Waals surface area contributed by atoms with Gasteiger partial charge in [-0.05, 0) is 37.6 Å². The molecule has 6 heteroatoms. The van der Waals surface area contributed by atoms with E-state index in [1.807, 2.05) is 0 Å². The van der Waals surface area contributed by atoms with E-state index in [-0.39, 0.29) is 17.4 Å². The van der Waals surface area contributed by atoms with Crippen molar-refractivity contribution in [3.8, 4) is 5.69 Å². The molecule has 20 heavy (non-hydrogen) atoms. The molecule has 0 aliphatic rings. The Morgan fingerprint density at radius 3 is 2.80 bits per heavy atom. The minimum absolute atomic E-state index is 0.256. The minimum atomic E-state index is -0.840. The summed E-state index contributed by atoms with van der Waals surface area (Å²) < 4.78 is 15.1. The summed E-state index contributed by atoms with van der Waals surface area (Å²) in [5.74, 6) is -0.690. The highest BCUT2D eigenvalue weighted by atomic mass is 19.1. The summed E-state index contributed by atoms with van der Waals surface area (Å²) in [6.07, 6.45) is 0.760. The van der Waals surface area contributed by atoms with Crippen molar-refractivity contribution in [1.29, 1.82) is 0 Å². The zero-order chi connectivity index (χ0) is 14.9. The van der Waals surface area contributed by atoms with E-state index in [2.05, 4.69) is 10.4 Å².